The monoisotopic (exact) mass is 368 g/mol. The van der Waals surface area contributed by atoms with Gasteiger partial charge in [-0.15, -0.1) is 0 Å². The molecule has 21 heavy (non-hydrogen) atoms. The molecule has 0 radical (unpaired) electrons. The topological polar surface area (TPSA) is 63.4 Å². The summed E-state index contributed by atoms with van der Waals surface area (Å²) in [7, 11) is -2.12. The van der Waals surface area contributed by atoms with Gasteiger partial charge in [0.05, 0.1) is 16.3 Å². The summed E-state index contributed by atoms with van der Waals surface area (Å²) in [5, 5.41) is 0. The number of hydrogen-bond acceptors (Lipinski definition) is 3. The molecule has 112 valence electrons. The molecule has 0 aromatic heterocycles. The minimum atomic E-state index is -3.63. The molecule has 0 saturated heterocycles. The second-order valence-electron chi connectivity index (χ2n) is 4.92. The summed E-state index contributed by atoms with van der Waals surface area (Å²) in [5.74, 6) is 0. The zero-order valence-electron chi connectivity index (χ0n) is 12.1. The fourth-order valence-corrected chi connectivity index (χ4v) is 3.66. The van der Waals surface area contributed by atoms with Crippen LogP contribution in [0.25, 0.3) is 0 Å². The van der Waals surface area contributed by atoms with Crippen molar-refractivity contribution in [3.8, 4) is 0 Å². The molecule has 0 aliphatic rings. The largest absolute Gasteiger partial charge is 0.397 e. The Balaban J connectivity index is 2.49. The Kier molecular flexibility index (Phi) is 4.30. The summed E-state index contributed by atoms with van der Waals surface area (Å²) in [6.07, 6.45) is 0. The van der Waals surface area contributed by atoms with E-state index in [2.05, 4.69) is 15.9 Å². The van der Waals surface area contributed by atoms with E-state index in [9.17, 15) is 8.42 Å². The molecule has 0 saturated carbocycles. The summed E-state index contributed by atoms with van der Waals surface area (Å²) in [6.45, 7) is 3.84. The van der Waals surface area contributed by atoms with Crippen molar-refractivity contribution >= 4 is 37.3 Å². The van der Waals surface area contributed by atoms with Crippen molar-refractivity contribution in [2.24, 2.45) is 0 Å². The van der Waals surface area contributed by atoms with Crippen LogP contribution >= 0.6 is 15.9 Å². The van der Waals surface area contributed by atoms with E-state index in [1.54, 1.807) is 36.4 Å². The van der Waals surface area contributed by atoms with E-state index >= 15 is 0 Å². The van der Waals surface area contributed by atoms with E-state index < -0.39 is 10.0 Å². The molecule has 0 atom stereocenters. The average Bonchev–Trinajstić information content (AvgIpc) is 2.41. The number of nitrogens with zero attached hydrogens (tertiary/aromatic N) is 1. The number of nitrogens with two attached hydrogens (primary N) is 1. The van der Waals surface area contributed by atoms with Crippen LogP contribution in [0.15, 0.2) is 45.8 Å². The van der Waals surface area contributed by atoms with Gasteiger partial charge in [0, 0.05) is 11.5 Å². The van der Waals surface area contributed by atoms with Gasteiger partial charge < -0.3 is 5.73 Å². The van der Waals surface area contributed by atoms with Gasteiger partial charge in [-0.2, -0.15) is 0 Å². The highest BCUT2D eigenvalue weighted by atomic mass is 79.9. The second-order valence-corrected chi connectivity index (χ2v) is 7.81. The standard InChI is InChI=1S/C15H17BrN2O2S/c1-10-4-6-13(8-11(10)2)21(19,20)18(3)15-7-5-12(16)9-14(15)17/h4-9H,17H2,1-3H3. The lowest BCUT2D eigenvalue weighted by Crippen LogP contribution is -2.27. The van der Waals surface area contributed by atoms with E-state index in [1.165, 1.54) is 11.4 Å². The summed E-state index contributed by atoms with van der Waals surface area (Å²) in [5.41, 5.74) is 8.77. The number of aryl methyl sites for hydroxylation is 2. The van der Waals surface area contributed by atoms with Crippen LogP contribution in [0.5, 0.6) is 0 Å². The maximum Gasteiger partial charge on any atom is 0.264 e. The van der Waals surface area contributed by atoms with Crippen LogP contribution in [0.3, 0.4) is 0 Å². The number of benzene rings is 2. The third kappa shape index (κ3) is 3.06. The highest BCUT2D eigenvalue weighted by molar-refractivity contribution is 9.10. The maximum absolute atomic E-state index is 12.7. The highest BCUT2D eigenvalue weighted by Gasteiger charge is 2.23. The van der Waals surface area contributed by atoms with Crippen molar-refractivity contribution in [3.63, 3.8) is 0 Å². The van der Waals surface area contributed by atoms with Crippen molar-refractivity contribution in [1.29, 1.82) is 0 Å². The van der Waals surface area contributed by atoms with Gasteiger partial charge in [0.15, 0.2) is 0 Å². The molecule has 0 amide bonds. The first-order chi connectivity index (χ1) is 9.73. The number of halogens is 1. The van der Waals surface area contributed by atoms with Crippen LogP contribution in [-0.2, 0) is 10.0 Å². The molecular formula is C15H17BrN2O2S. The van der Waals surface area contributed by atoms with E-state index in [-0.39, 0.29) is 4.90 Å². The van der Waals surface area contributed by atoms with Gasteiger partial charge in [-0.05, 0) is 55.3 Å². The molecule has 2 aromatic carbocycles. The Morgan fingerprint density at radius 2 is 1.71 bits per heavy atom. The second kappa shape index (κ2) is 5.69. The predicted octanol–water partition coefficient (Wildman–Crippen LogP) is 3.47. The van der Waals surface area contributed by atoms with Crippen molar-refractivity contribution in [2.75, 3.05) is 17.1 Å². The zero-order valence-corrected chi connectivity index (χ0v) is 14.5. The minimum Gasteiger partial charge on any atom is -0.397 e. The lowest BCUT2D eigenvalue weighted by atomic mass is 10.1. The average molecular weight is 369 g/mol. The molecule has 6 heteroatoms. The lowest BCUT2D eigenvalue weighted by Gasteiger charge is -2.21. The van der Waals surface area contributed by atoms with Crippen molar-refractivity contribution < 1.29 is 8.42 Å². The van der Waals surface area contributed by atoms with Crippen LogP contribution < -0.4 is 10.0 Å². The van der Waals surface area contributed by atoms with Crippen LogP contribution in [0.1, 0.15) is 11.1 Å². The summed E-state index contributed by atoms with van der Waals surface area (Å²) in [6, 6.07) is 10.2. The molecule has 4 nitrogen and oxygen atoms in total. The van der Waals surface area contributed by atoms with Gasteiger partial charge in [-0.1, -0.05) is 22.0 Å². The Labute approximate surface area is 133 Å². The fraction of sp³-hybridized carbons (Fsp3) is 0.200. The van der Waals surface area contributed by atoms with Gasteiger partial charge in [-0.25, -0.2) is 8.42 Å². The third-order valence-electron chi connectivity index (χ3n) is 3.47. The highest BCUT2D eigenvalue weighted by Crippen LogP contribution is 2.30. The summed E-state index contributed by atoms with van der Waals surface area (Å²) < 4.78 is 27.4. The number of hydrogen-bond donors (Lipinski definition) is 1. The molecule has 2 rings (SSSR count). The third-order valence-corrected chi connectivity index (χ3v) is 5.73. The number of sulfonamides is 1. The SMILES string of the molecule is Cc1ccc(S(=O)(=O)N(C)c2ccc(Br)cc2N)cc1C. The first-order valence-corrected chi connectivity index (χ1v) is 8.58. The van der Waals surface area contributed by atoms with Gasteiger partial charge >= 0.3 is 0 Å². The first-order valence-electron chi connectivity index (χ1n) is 6.34. The van der Waals surface area contributed by atoms with Crippen LogP contribution in [-0.4, -0.2) is 15.5 Å². The van der Waals surface area contributed by atoms with E-state index in [1.807, 2.05) is 13.8 Å². The molecule has 2 N–H and O–H groups in total. The van der Waals surface area contributed by atoms with Crippen molar-refractivity contribution in [1.82, 2.24) is 0 Å². The van der Waals surface area contributed by atoms with Gasteiger partial charge in [-0.3, -0.25) is 4.31 Å². The van der Waals surface area contributed by atoms with Gasteiger partial charge in [0.25, 0.3) is 10.0 Å². The molecule has 0 aliphatic carbocycles. The molecule has 0 bridgehead atoms. The molecule has 0 heterocycles. The Morgan fingerprint density at radius 1 is 1.05 bits per heavy atom. The van der Waals surface area contributed by atoms with Crippen molar-refractivity contribution in [3.05, 3.63) is 52.0 Å². The van der Waals surface area contributed by atoms with E-state index in [0.717, 1.165) is 15.6 Å². The van der Waals surface area contributed by atoms with E-state index in [0.29, 0.717) is 11.4 Å². The molecule has 0 fully saturated rings. The van der Waals surface area contributed by atoms with Crippen molar-refractivity contribution in [2.45, 2.75) is 18.7 Å². The Morgan fingerprint density at radius 3 is 2.29 bits per heavy atom. The molecular weight excluding hydrogens is 352 g/mol. The van der Waals surface area contributed by atoms with E-state index in [4.69, 9.17) is 5.73 Å². The Bertz CT molecular complexity index is 788. The number of anilines is 2. The number of rotatable bonds is 3. The molecule has 2 aromatic rings. The summed E-state index contributed by atoms with van der Waals surface area (Å²) in [4.78, 5) is 0.260. The van der Waals surface area contributed by atoms with Gasteiger partial charge in [0.1, 0.15) is 0 Å². The quantitative estimate of drug-likeness (QED) is 0.843. The Hall–Kier alpha value is -1.53. The lowest BCUT2D eigenvalue weighted by molar-refractivity contribution is 0.594. The minimum absolute atomic E-state index is 0.260. The van der Waals surface area contributed by atoms with Gasteiger partial charge in [0.2, 0.25) is 0 Å². The molecule has 0 aliphatic heterocycles. The maximum atomic E-state index is 12.7. The number of nitrogen functional groups attached to an aromatic ring is 1. The normalized spacial score (nSPS) is 11.4. The zero-order chi connectivity index (χ0) is 15.8. The summed E-state index contributed by atoms with van der Waals surface area (Å²) >= 11 is 3.31. The molecule has 0 spiro atoms. The smallest absolute Gasteiger partial charge is 0.264 e. The fourth-order valence-electron chi connectivity index (χ4n) is 1.97. The van der Waals surface area contributed by atoms with Crippen LogP contribution in [0, 0.1) is 13.8 Å². The predicted molar refractivity (Wildman–Crippen MR) is 90.1 cm³/mol. The first kappa shape index (κ1) is 15.9. The van der Waals surface area contributed by atoms with Crippen LogP contribution in [0.4, 0.5) is 11.4 Å². The molecule has 0 unspecified atom stereocenters. The van der Waals surface area contributed by atoms with Crippen LogP contribution in [0.2, 0.25) is 0 Å².